The lowest BCUT2D eigenvalue weighted by molar-refractivity contribution is -0.000956. The zero-order chi connectivity index (χ0) is 19.1. The van der Waals surface area contributed by atoms with Gasteiger partial charge in [0.2, 0.25) is 0 Å². The van der Waals surface area contributed by atoms with Gasteiger partial charge in [0.15, 0.2) is 0 Å². The van der Waals surface area contributed by atoms with Crippen molar-refractivity contribution in [3.8, 4) is 11.5 Å². The van der Waals surface area contributed by atoms with Gasteiger partial charge in [-0.3, -0.25) is 0 Å². The molecule has 0 aromatic heterocycles. The molecule has 1 aromatic carbocycles. The summed E-state index contributed by atoms with van der Waals surface area (Å²) in [6.45, 7) is 15.4. The van der Waals surface area contributed by atoms with Crippen molar-refractivity contribution in [2.24, 2.45) is 5.92 Å². The van der Waals surface area contributed by atoms with Crippen LogP contribution in [0.4, 0.5) is 0 Å². The van der Waals surface area contributed by atoms with Gasteiger partial charge in [0.05, 0.1) is 0 Å². The summed E-state index contributed by atoms with van der Waals surface area (Å²) in [6.07, 6.45) is 7.98. The molecule has 3 rings (SSSR count). The van der Waals surface area contributed by atoms with E-state index in [1.807, 2.05) is 6.07 Å². The number of aromatic hydroxyl groups is 1. The van der Waals surface area contributed by atoms with Crippen LogP contribution in [-0.4, -0.2) is 10.7 Å². The Kier molecular flexibility index (Phi) is 5.16. The summed E-state index contributed by atoms with van der Waals surface area (Å²) in [6, 6.07) is 4.21. The molecule has 1 saturated carbocycles. The third-order valence-corrected chi connectivity index (χ3v) is 6.75. The number of hydrogen-bond donors (Lipinski definition) is 1. The van der Waals surface area contributed by atoms with Gasteiger partial charge in [0.25, 0.3) is 0 Å². The lowest BCUT2D eigenvalue weighted by Gasteiger charge is -2.48. The minimum atomic E-state index is -0.199. The van der Waals surface area contributed by atoms with Crippen LogP contribution in [0.1, 0.15) is 96.6 Å². The minimum Gasteiger partial charge on any atom is -0.508 e. The second-order valence-corrected chi connectivity index (χ2v) is 9.66. The minimum absolute atomic E-state index is 0.0438. The molecule has 1 fully saturated rings. The number of unbranched alkanes of at least 4 members (excludes halogenated alkanes) is 2. The smallest absolute Gasteiger partial charge is 0.127 e. The van der Waals surface area contributed by atoms with E-state index in [9.17, 15) is 5.11 Å². The molecule has 0 amide bonds. The average molecular weight is 357 g/mol. The topological polar surface area (TPSA) is 29.5 Å². The van der Waals surface area contributed by atoms with Crippen molar-refractivity contribution in [3.05, 3.63) is 35.4 Å². The second kappa shape index (κ2) is 6.94. The van der Waals surface area contributed by atoms with E-state index >= 15 is 0 Å². The van der Waals surface area contributed by atoms with Gasteiger partial charge in [-0.2, -0.15) is 0 Å². The molecule has 1 heterocycles. The number of hydrogen-bond acceptors (Lipinski definition) is 2. The molecule has 26 heavy (non-hydrogen) atoms. The Balaban J connectivity index is 1.99. The van der Waals surface area contributed by atoms with E-state index in [1.54, 1.807) is 0 Å². The van der Waals surface area contributed by atoms with Gasteiger partial charge in [0, 0.05) is 17.4 Å². The van der Waals surface area contributed by atoms with Crippen molar-refractivity contribution in [2.75, 3.05) is 0 Å². The van der Waals surface area contributed by atoms with Crippen LogP contribution in [0, 0.1) is 5.92 Å². The zero-order valence-corrected chi connectivity index (χ0v) is 17.3. The van der Waals surface area contributed by atoms with E-state index in [4.69, 9.17) is 4.74 Å². The number of benzene rings is 1. The molecule has 0 spiro atoms. The van der Waals surface area contributed by atoms with Gasteiger partial charge in [-0.1, -0.05) is 52.2 Å². The summed E-state index contributed by atoms with van der Waals surface area (Å²) in [4.78, 5) is 0. The largest absolute Gasteiger partial charge is 0.508 e. The highest BCUT2D eigenvalue weighted by Crippen LogP contribution is 2.55. The highest BCUT2D eigenvalue weighted by Gasteiger charge is 2.46. The number of phenolic OH excluding ortho intramolecular Hbond substituents is 1. The van der Waals surface area contributed by atoms with Crippen LogP contribution in [-0.2, 0) is 5.41 Å². The second-order valence-electron chi connectivity index (χ2n) is 9.66. The number of ether oxygens (including phenoxy) is 1. The summed E-state index contributed by atoms with van der Waals surface area (Å²) >= 11 is 0. The summed E-state index contributed by atoms with van der Waals surface area (Å²) in [5.74, 6) is 2.08. The lowest BCUT2D eigenvalue weighted by atomic mass is 9.65. The number of fused-ring (bicyclic) bond motifs is 3. The number of phenols is 1. The molecule has 144 valence electrons. The molecule has 0 bridgehead atoms. The Morgan fingerprint density at radius 3 is 2.69 bits per heavy atom. The highest BCUT2D eigenvalue weighted by atomic mass is 16.5. The average Bonchev–Trinajstić information content (AvgIpc) is 2.53. The first-order chi connectivity index (χ1) is 12.2. The maximum Gasteiger partial charge on any atom is 0.127 e. The molecule has 2 nitrogen and oxygen atoms in total. The van der Waals surface area contributed by atoms with Gasteiger partial charge in [-0.25, -0.2) is 0 Å². The van der Waals surface area contributed by atoms with Crippen molar-refractivity contribution in [2.45, 2.75) is 96.5 Å². The molecular formula is C24H36O2. The van der Waals surface area contributed by atoms with Gasteiger partial charge in [0.1, 0.15) is 17.1 Å². The predicted molar refractivity (Wildman–Crippen MR) is 109 cm³/mol. The van der Waals surface area contributed by atoms with E-state index in [1.165, 1.54) is 30.4 Å². The Hall–Kier alpha value is -1.44. The molecule has 1 aromatic rings. The van der Waals surface area contributed by atoms with Crippen molar-refractivity contribution < 1.29 is 9.84 Å². The van der Waals surface area contributed by atoms with E-state index < -0.39 is 0 Å². The van der Waals surface area contributed by atoms with Crippen molar-refractivity contribution >= 4 is 0 Å². The quantitative estimate of drug-likeness (QED) is 0.461. The third-order valence-electron chi connectivity index (χ3n) is 6.75. The Morgan fingerprint density at radius 2 is 2.00 bits per heavy atom. The lowest BCUT2D eigenvalue weighted by Crippen LogP contribution is -2.46. The fourth-order valence-electron chi connectivity index (χ4n) is 5.03. The predicted octanol–water partition coefficient (Wildman–Crippen LogP) is 6.86. The number of allylic oxidation sites excluding steroid dienone is 1. The van der Waals surface area contributed by atoms with Gasteiger partial charge < -0.3 is 9.84 Å². The van der Waals surface area contributed by atoms with Crippen LogP contribution < -0.4 is 4.74 Å². The number of rotatable bonds is 5. The Labute approximate surface area is 159 Å². The molecule has 1 N–H and O–H groups in total. The van der Waals surface area contributed by atoms with E-state index in [0.29, 0.717) is 17.6 Å². The van der Waals surface area contributed by atoms with E-state index in [2.05, 4.69) is 47.3 Å². The SMILES string of the molecule is C=C1CCC2C(C1)c1c(O)cc(C(C)(C)CCCCC)cc1OC2(C)C. The maximum atomic E-state index is 11.0. The molecule has 0 radical (unpaired) electrons. The molecule has 1 aliphatic carbocycles. The molecule has 2 heteroatoms. The zero-order valence-electron chi connectivity index (χ0n) is 17.3. The fourth-order valence-corrected chi connectivity index (χ4v) is 5.03. The van der Waals surface area contributed by atoms with Gasteiger partial charge in [-0.05, 0) is 62.6 Å². The Bertz CT molecular complexity index is 684. The first-order valence-corrected chi connectivity index (χ1v) is 10.4. The standard InChI is InChI=1S/C24H36O2/c1-7-8-9-12-23(3,4)17-14-20(25)22-18-13-16(2)10-11-19(18)24(5,6)26-21(22)15-17/h14-15,18-19,25H,2,7-13H2,1,3-6H3. The summed E-state index contributed by atoms with van der Waals surface area (Å²) in [5, 5.41) is 11.0. The van der Waals surface area contributed by atoms with Gasteiger partial charge in [-0.15, -0.1) is 0 Å². The molecular weight excluding hydrogens is 320 g/mol. The van der Waals surface area contributed by atoms with Crippen LogP contribution in [0.3, 0.4) is 0 Å². The van der Waals surface area contributed by atoms with Crippen LogP contribution in [0.15, 0.2) is 24.3 Å². The van der Waals surface area contributed by atoms with Crippen LogP contribution in [0.25, 0.3) is 0 Å². The molecule has 1 aliphatic heterocycles. The highest BCUT2D eigenvalue weighted by molar-refractivity contribution is 5.53. The molecule has 2 unspecified atom stereocenters. The molecule has 2 aliphatic rings. The van der Waals surface area contributed by atoms with Crippen LogP contribution in [0.5, 0.6) is 11.5 Å². The van der Waals surface area contributed by atoms with Crippen molar-refractivity contribution in [1.82, 2.24) is 0 Å². The van der Waals surface area contributed by atoms with Gasteiger partial charge >= 0.3 is 0 Å². The summed E-state index contributed by atoms with van der Waals surface area (Å²) in [5.41, 5.74) is 3.35. The van der Waals surface area contributed by atoms with Crippen LogP contribution >= 0.6 is 0 Å². The third kappa shape index (κ3) is 3.52. The van der Waals surface area contributed by atoms with E-state index in [-0.39, 0.29) is 11.0 Å². The normalized spacial score (nSPS) is 24.6. The Morgan fingerprint density at radius 1 is 1.27 bits per heavy atom. The fraction of sp³-hybridized carbons (Fsp3) is 0.667. The first kappa shape index (κ1) is 19.3. The van der Waals surface area contributed by atoms with Crippen LogP contribution in [0.2, 0.25) is 0 Å². The maximum absolute atomic E-state index is 11.0. The van der Waals surface area contributed by atoms with Crippen molar-refractivity contribution in [1.29, 1.82) is 0 Å². The monoisotopic (exact) mass is 356 g/mol. The van der Waals surface area contributed by atoms with E-state index in [0.717, 1.165) is 37.0 Å². The van der Waals surface area contributed by atoms with Crippen molar-refractivity contribution in [3.63, 3.8) is 0 Å². The first-order valence-electron chi connectivity index (χ1n) is 10.4. The summed E-state index contributed by atoms with van der Waals surface area (Å²) in [7, 11) is 0. The molecule has 0 saturated heterocycles. The summed E-state index contributed by atoms with van der Waals surface area (Å²) < 4.78 is 6.48. The molecule has 2 atom stereocenters.